The van der Waals surface area contributed by atoms with E-state index >= 15 is 0 Å². The first-order chi connectivity index (χ1) is 16.8. The summed E-state index contributed by atoms with van der Waals surface area (Å²) in [5, 5.41) is 0.538. The van der Waals surface area contributed by atoms with Gasteiger partial charge in [-0.3, -0.25) is 4.18 Å². The van der Waals surface area contributed by atoms with Gasteiger partial charge in [0.15, 0.2) is 0 Å². The molecule has 0 aliphatic heterocycles. The number of rotatable bonds is 14. The fourth-order valence-electron chi connectivity index (χ4n) is 2.15. The van der Waals surface area contributed by atoms with Crippen molar-refractivity contribution in [3.05, 3.63) is 0 Å². The molecule has 5 nitrogen and oxygen atoms in total. The normalized spacial score (nSPS) is 16.3. The van der Waals surface area contributed by atoms with E-state index in [-0.39, 0.29) is 19.3 Å². The maximum absolute atomic E-state index is 14.0. The lowest BCUT2D eigenvalue weighted by atomic mass is 9.91. The van der Waals surface area contributed by atoms with E-state index < -0.39 is 74.3 Å². The van der Waals surface area contributed by atoms with Crippen molar-refractivity contribution in [2.45, 2.75) is 66.2 Å². The molecular weight excluding hydrogens is 645 g/mol. The molecule has 0 saturated heterocycles. The largest absolute Gasteiger partial charge is 0.460 e. The van der Waals surface area contributed by atoms with E-state index in [4.69, 9.17) is 5.26 Å². The Morgan fingerprint density at radius 1 is 0.615 bits per heavy atom. The van der Waals surface area contributed by atoms with Crippen LogP contribution >= 0.6 is 10.6 Å². The van der Waals surface area contributed by atoms with Crippen molar-refractivity contribution in [1.82, 2.24) is 0 Å². The van der Waals surface area contributed by atoms with Crippen molar-refractivity contribution < 1.29 is 90.9 Å². The lowest BCUT2D eigenvalue weighted by Gasteiger charge is -2.43. The molecule has 0 aliphatic rings. The molecule has 0 saturated carbocycles. The maximum atomic E-state index is 14.0. The van der Waals surface area contributed by atoms with E-state index in [1.54, 1.807) is 6.07 Å². The molecule has 0 N–H and O–H groups in total. The molecule has 234 valence electrons. The van der Waals surface area contributed by atoms with Crippen LogP contribution < -0.4 is 0 Å². The van der Waals surface area contributed by atoms with Gasteiger partial charge in [-0.1, -0.05) is 0 Å². The SMILES string of the molecule is CS(C)(OCCCCC#N)OS(=O)(=O)C(F)(F)C(F)(F)C(F)(F)C(F)(F)C(F)(F)C(F)(F)C(F)(F)C(F)(F)F. The van der Waals surface area contributed by atoms with E-state index in [1.807, 2.05) is 0 Å². The first-order valence-corrected chi connectivity index (χ1v) is 12.9. The fourth-order valence-corrected chi connectivity index (χ4v) is 5.34. The molecule has 0 aromatic heterocycles. The summed E-state index contributed by atoms with van der Waals surface area (Å²) in [4.78, 5) is 0. The zero-order valence-electron chi connectivity index (χ0n) is 18.7. The Kier molecular flexibility index (Phi) is 10.3. The number of unbranched alkanes of at least 4 members (excludes halogenated alkanes) is 2. The van der Waals surface area contributed by atoms with Crippen LogP contribution in [0.1, 0.15) is 19.3 Å². The first-order valence-electron chi connectivity index (χ1n) is 9.18. The Hall–Kier alpha value is -1.48. The van der Waals surface area contributed by atoms with Crippen LogP contribution in [0.5, 0.6) is 0 Å². The number of hydrogen-bond donors (Lipinski definition) is 0. The minimum atomic E-state index is -8.92. The Labute approximate surface area is 209 Å². The minimum Gasteiger partial charge on any atom is -0.284 e. The van der Waals surface area contributed by atoms with E-state index in [0.717, 1.165) is 0 Å². The van der Waals surface area contributed by atoms with Gasteiger partial charge in [-0.25, -0.2) is 0 Å². The van der Waals surface area contributed by atoms with E-state index in [0.29, 0.717) is 12.5 Å². The van der Waals surface area contributed by atoms with Crippen molar-refractivity contribution in [3.8, 4) is 6.07 Å². The van der Waals surface area contributed by atoms with Gasteiger partial charge in [-0.05, 0) is 12.8 Å². The zero-order valence-corrected chi connectivity index (χ0v) is 20.3. The molecule has 0 unspecified atom stereocenters. The number of hydrogen-bond acceptors (Lipinski definition) is 5. The molecule has 0 aliphatic carbocycles. The summed E-state index contributed by atoms with van der Waals surface area (Å²) in [5.74, 6) is -52.1. The Bertz CT molecular complexity index is 1020. The highest BCUT2D eigenvalue weighted by Gasteiger charge is 2.96. The monoisotopic (exact) mass is 659 g/mol. The Balaban J connectivity index is 6.57. The Morgan fingerprint density at radius 2 is 0.974 bits per heavy atom. The smallest absolute Gasteiger partial charge is 0.284 e. The molecule has 0 rings (SSSR count). The molecule has 0 heterocycles. The van der Waals surface area contributed by atoms with Gasteiger partial charge < -0.3 is 0 Å². The summed E-state index contributed by atoms with van der Waals surface area (Å²) in [7, 11) is -11.7. The van der Waals surface area contributed by atoms with E-state index in [2.05, 4.69) is 7.81 Å². The molecule has 0 fully saturated rings. The minimum absolute atomic E-state index is 0.0144. The average Bonchev–Trinajstić information content (AvgIpc) is 2.70. The van der Waals surface area contributed by atoms with Gasteiger partial charge in [0.05, 0.1) is 12.7 Å². The highest BCUT2D eigenvalue weighted by atomic mass is 32.3. The van der Waals surface area contributed by atoms with Crippen LogP contribution in [-0.4, -0.2) is 74.5 Å². The lowest BCUT2D eigenvalue weighted by molar-refractivity contribution is -0.458. The molecule has 0 radical (unpaired) electrons. The molecule has 0 amide bonds. The van der Waals surface area contributed by atoms with Crippen molar-refractivity contribution >= 4 is 20.7 Å². The Morgan fingerprint density at radius 3 is 1.33 bits per heavy atom. The molecule has 24 heteroatoms. The predicted octanol–water partition coefficient (Wildman–Crippen LogP) is 6.90. The molecule has 0 aromatic carbocycles. The molecule has 0 bridgehead atoms. The second-order valence-electron chi connectivity index (χ2n) is 7.56. The van der Waals surface area contributed by atoms with Crippen LogP contribution in [0.2, 0.25) is 0 Å². The number of nitrogens with zero attached hydrogens (tertiary/aromatic N) is 1. The van der Waals surface area contributed by atoms with Gasteiger partial charge in [0, 0.05) is 18.9 Å². The topological polar surface area (TPSA) is 76.4 Å². The third-order valence-electron chi connectivity index (χ3n) is 4.31. The molecule has 0 spiro atoms. The van der Waals surface area contributed by atoms with Gasteiger partial charge in [-0.2, -0.15) is 103 Å². The van der Waals surface area contributed by atoms with Gasteiger partial charge in [0.1, 0.15) is 0 Å². The standard InChI is InChI=1S/C15H14F17NO4S2/c1-38(2,36-7-5-3-4-6-33)37-39(34,35)15(31,32)13(26,27)11(22,23)9(18,19)8(16,17)10(20,21)12(24,25)14(28,29)30/h3-5,7H2,1-2H3. The summed E-state index contributed by atoms with van der Waals surface area (Å²) in [6.45, 7) is -0.676. The van der Waals surface area contributed by atoms with Gasteiger partial charge in [0.25, 0.3) is 0 Å². The van der Waals surface area contributed by atoms with Crippen LogP contribution in [-0.2, 0) is 17.9 Å². The number of nitriles is 1. The van der Waals surface area contributed by atoms with Crippen LogP contribution in [0.25, 0.3) is 0 Å². The quantitative estimate of drug-likeness (QED) is 0.150. The van der Waals surface area contributed by atoms with Crippen LogP contribution in [0.3, 0.4) is 0 Å². The van der Waals surface area contributed by atoms with E-state index in [1.165, 1.54) is 0 Å². The molecule has 39 heavy (non-hydrogen) atoms. The lowest BCUT2D eigenvalue weighted by Crippen LogP contribution is -2.75. The van der Waals surface area contributed by atoms with Gasteiger partial charge in [-0.15, -0.1) is 0 Å². The number of alkyl halides is 17. The third kappa shape index (κ3) is 6.09. The van der Waals surface area contributed by atoms with Gasteiger partial charge in [0.2, 0.25) is 0 Å². The fraction of sp³-hybridized carbons (Fsp3) is 0.933. The van der Waals surface area contributed by atoms with Crippen molar-refractivity contribution in [2.75, 3.05) is 19.1 Å². The first kappa shape index (κ1) is 37.5. The van der Waals surface area contributed by atoms with Crippen molar-refractivity contribution in [2.24, 2.45) is 0 Å². The van der Waals surface area contributed by atoms with Gasteiger partial charge >= 0.3 is 57.1 Å². The molecular formula is C15H14F17NO4S2. The summed E-state index contributed by atoms with van der Waals surface area (Å²) < 4.78 is 257. The van der Waals surface area contributed by atoms with Crippen LogP contribution in [0, 0.1) is 11.3 Å². The second kappa shape index (κ2) is 10.7. The van der Waals surface area contributed by atoms with Crippen molar-refractivity contribution in [1.29, 1.82) is 5.26 Å². The van der Waals surface area contributed by atoms with Crippen LogP contribution in [0.4, 0.5) is 74.6 Å². The summed E-state index contributed by atoms with van der Waals surface area (Å²) >= 11 is 0. The predicted molar refractivity (Wildman–Crippen MR) is 95.5 cm³/mol. The summed E-state index contributed by atoms with van der Waals surface area (Å²) in [6, 6.07) is 1.61. The van der Waals surface area contributed by atoms with Crippen molar-refractivity contribution in [3.63, 3.8) is 0 Å². The second-order valence-corrected chi connectivity index (χ2v) is 12.1. The third-order valence-corrected chi connectivity index (χ3v) is 7.96. The van der Waals surface area contributed by atoms with Crippen LogP contribution in [0.15, 0.2) is 0 Å². The summed E-state index contributed by atoms with van der Waals surface area (Å²) in [5.41, 5.74) is 0. The molecule has 0 atom stereocenters. The highest BCUT2D eigenvalue weighted by Crippen LogP contribution is 2.65. The molecule has 0 aromatic rings. The number of halogens is 17. The summed E-state index contributed by atoms with van der Waals surface area (Å²) in [6.07, 6.45) is -7.37. The highest BCUT2D eigenvalue weighted by molar-refractivity contribution is 8.28. The average molecular weight is 659 g/mol. The zero-order chi connectivity index (χ0) is 31.9. The maximum Gasteiger partial charge on any atom is 0.460 e. The van der Waals surface area contributed by atoms with E-state index in [9.17, 15) is 83.1 Å².